The number of ether oxygens (including phenoxy) is 1. The van der Waals surface area contributed by atoms with Crippen LogP contribution in [-0.2, 0) is 21.9 Å². The Morgan fingerprint density at radius 1 is 0.697 bits per heavy atom. The Balaban J connectivity index is 6.16. The lowest BCUT2D eigenvalue weighted by molar-refractivity contribution is -0.139. The molecule has 0 atom stereocenters. The summed E-state index contributed by atoms with van der Waals surface area (Å²) in [4.78, 5) is 11.9. The molecule has 0 bridgehead atoms. The Bertz CT molecular complexity index is 556. The number of hydrogen-bond acceptors (Lipinski definition) is 5. The Morgan fingerprint density at radius 2 is 1.09 bits per heavy atom. The second-order valence-corrected chi connectivity index (χ2v) is 27.4. The van der Waals surface area contributed by atoms with E-state index < -0.39 is 33.8 Å². The van der Waals surface area contributed by atoms with Crippen LogP contribution in [0.3, 0.4) is 0 Å². The van der Waals surface area contributed by atoms with Crippen LogP contribution in [0.15, 0.2) is 12.2 Å². The highest BCUT2D eigenvalue weighted by Gasteiger charge is 2.52. The molecule has 196 valence electrons. The molecule has 0 saturated carbocycles. The van der Waals surface area contributed by atoms with E-state index in [0.717, 1.165) is 49.9 Å². The number of carbonyl (C=O) groups is 1. The lowest BCUT2D eigenvalue weighted by Gasteiger charge is -2.46. The fourth-order valence-electron chi connectivity index (χ4n) is 4.58. The molecule has 0 amide bonds. The minimum absolute atomic E-state index is 0.331. The van der Waals surface area contributed by atoms with Crippen molar-refractivity contribution in [3.63, 3.8) is 0 Å². The SMILES string of the molecule is C=C(C)C(=O)OCCC[Si](O[Si](C)(C)C)(O[Si](C)(CCC)CCC)O[Si](C)(CCC)CCC. The van der Waals surface area contributed by atoms with E-state index >= 15 is 0 Å². The molecule has 0 aromatic carbocycles. The van der Waals surface area contributed by atoms with Gasteiger partial charge in [-0.25, -0.2) is 4.79 Å². The third-order valence-electron chi connectivity index (χ3n) is 5.59. The molecule has 5 nitrogen and oxygen atoms in total. The van der Waals surface area contributed by atoms with Gasteiger partial charge in [0.2, 0.25) is 0 Å². The first-order valence-corrected chi connectivity index (χ1v) is 24.1. The van der Waals surface area contributed by atoms with Crippen molar-refractivity contribution in [3.05, 3.63) is 12.2 Å². The van der Waals surface area contributed by atoms with Gasteiger partial charge in [0.1, 0.15) is 0 Å². The fourth-order valence-corrected chi connectivity index (χ4v) is 24.1. The Morgan fingerprint density at radius 3 is 1.39 bits per heavy atom. The van der Waals surface area contributed by atoms with Crippen LogP contribution in [0.5, 0.6) is 0 Å². The summed E-state index contributed by atoms with van der Waals surface area (Å²) in [6.07, 6.45) is 5.18. The van der Waals surface area contributed by atoms with E-state index in [2.05, 4.69) is 67.0 Å². The highest BCUT2D eigenvalue weighted by molar-refractivity contribution is 6.91. The maximum atomic E-state index is 11.9. The van der Waals surface area contributed by atoms with Crippen LogP contribution in [0, 0.1) is 0 Å². The quantitative estimate of drug-likeness (QED) is 0.0725. The predicted molar refractivity (Wildman–Crippen MR) is 151 cm³/mol. The molecule has 0 saturated heterocycles. The van der Waals surface area contributed by atoms with Crippen molar-refractivity contribution in [2.45, 2.75) is 130 Å². The van der Waals surface area contributed by atoms with Gasteiger partial charge in [0.05, 0.1) is 6.61 Å². The number of hydrogen-bond donors (Lipinski definition) is 0. The molecule has 0 aliphatic rings. The largest absolute Gasteiger partial charge is 0.469 e. The zero-order valence-corrected chi connectivity index (χ0v) is 27.5. The van der Waals surface area contributed by atoms with Crippen LogP contribution < -0.4 is 0 Å². The molecule has 0 radical (unpaired) electrons. The summed E-state index contributed by atoms with van der Waals surface area (Å²) in [6, 6.07) is 5.21. The molecular weight excluding hydrogens is 481 g/mol. The second kappa shape index (κ2) is 15.2. The second-order valence-electron chi connectivity index (χ2n) is 11.0. The Kier molecular flexibility index (Phi) is 15.1. The third-order valence-corrected chi connectivity index (χ3v) is 22.9. The maximum Gasteiger partial charge on any atom is 0.469 e. The number of esters is 1. The van der Waals surface area contributed by atoms with Crippen molar-refractivity contribution in [1.82, 2.24) is 0 Å². The molecule has 0 heterocycles. The zero-order chi connectivity index (χ0) is 25.8. The van der Waals surface area contributed by atoms with E-state index in [1.54, 1.807) is 6.92 Å². The van der Waals surface area contributed by atoms with Gasteiger partial charge < -0.3 is 17.1 Å². The topological polar surface area (TPSA) is 54.0 Å². The van der Waals surface area contributed by atoms with Gasteiger partial charge in [-0.3, -0.25) is 0 Å². The first kappa shape index (κ1) is 33.0. The van der Waals surface area contributed by atoms with Gasteiger partial charge in [-0.1, -0.05) is 60.0 Å². The molecule has 0 rings (SSSR count). The Labute approximate surface area is 209 Å². The summed E-state index contributed by atoms with van der Waals surface area (Å²) in [7, 11) is -8.92. The number of carbonyl (C=O) groups excluding carboxylic acids is 1. The third kappa shape index (κ3) is 13.6. The van der Waals surface area contributed by atoms with Crippen LogP contribution in [0.25, 0.3) is 0 Å². The van der Waals surface area contributed by atoms with Gasteiger partial charge in [0.15, 0.2) is 25.0 Å². The monoisotopic (exact) mass is 534 g/mol. The van der Waals surface area contributed by atoms with Gasteiger partial charge >= 0.3 is 14.8 Å². The molecule has 0 unspecified atom stereocenters. The highest BCUT2D eigenvalue weighted by Crippen LogP contribution is 2.36. The van der Waals surface area contributed by atoms with Crippen molar-refractivity contribution in [3.8, 4) is 0 Å². The van der Waals surface area contributed by atoms with Crippen molar-refractivity contribution in [2.75, 3.05) is 6.61 Å². The highest BCUT2D eigenvalue weighted by atomic mass is 28.5. The molecule has 0 spiro atoms. The minimum atomic E-state index is -2.98. The van der Waals surface area contributed by atoms with Crippen LogP contribution in [0.2, 0.25) is 63.0 Å². The van der Waals surface area contributed by atoms with E-state index in [0.29, 0.717) is 24.6 Å². The van der Waals surface area contributed by atoms with Gasteiger partial charge in [-0.05, 0) is 70.3 Å². The minimum Gasteiger partial charge on any atom is -0.462 e. The summed E-state index contributed by atoms with van der Waals surface area (Å²) in [5.74, 6) is -0.331. The summed E-state index contributed by atoms with van der Waals surface area (Å²) >= 11 is 0. The van der Waals surface area contributed by atoms with Crippen LogP contribution >= 0.6 is 0 Å². The average Bonchev–Trinajstić information content (AvgIpc) is 2.63. The van der Waals surface area contributed by atoms with Gasteiger partial charge in [0, 0.05) is 11.6 Å². The van der Waals surface area contributed by atoms with E-state index in [1.165, 1.54) is 0 Å². The fraction of sp³-hybridized carbons (Fsp3) is 0.875. The summed E-state index contributed by atoms with van der Waals surface area (Å²) in [6.45, 7) is 26.2. The first-order chi connectivity index (χ1) is 15.2. The lowest BCUT2D eigenvalue weighted by Crippen LogP contribution is -2.62. The maximum absolute atomic E-state index is 11.9. The Hall–Kier alpha value is -0.0425. The van der Waals surface area contributed by atoms with E-state index in [-0.39, 0.29) is 5.97 Å². The summed E-state index contributed by atoms with van der Waals surface area (Å²) in [5, 5.41) is 0. The van der Waals surface area contributed by atoms with Crippen molar-refractivity contribution < 1.29 is 21.9 Å². The molecule has 9 heteroatoms. The summed E-state index contributed by atoms with van der Waals surface area (Å²) < 4.78 is 27.0. The van der Waals surface area contributed by atoms with Crippen molar-refractivity contribution in [1.29, 1.82) is 0 Å². The molecular formula is C24H54O5Si4. The van der Waals surface area contributed by atoms with Crippen LogP contribution in [0.4, 0.5) is 0 Å². The van der Waals surface area contributed by atoms with E-state index in [4.69, 9.17) is 17.1 Å². The van der Waals surface area contributed by atoms with Crippen molar-refractivity contribution in [2.24, 2.45) is 0 Å². The summed E-state index contributed by atoms with van der Waals surface area (Å²) in [5.41, 5.74) is 0.432. The smallest absolute Gasteiger partial charge is 0.462 e. The molecule has 0 aliphatic heterocycles. The molecule has 0 N–H and O–H groups in total. The molecule has 0 aromatic heterocycles. The lowest BCUT2D eigenvalue weighted by atomic mass is 10.4. The van der Waals surface area contributed by atoms with Gasteiger partial charge in [-0.15, -0.1) is 0 Å². The predicted octanol–water partition coefficient (Wildman–Crippen LogP) is 8.11. The van der Waals surface area contributed by atoms with Crippen LogP contribution in [-0.4, -0.2) is 46.3 Å². The molecule has 33 heavy (non-hydrogen) atoms. The van der Waals surface area contributed by atoms with E-state index in [1.807, 2.05) is 0 Å². The molecule has 0 fully saturated rings. The zero-order valence-electron chi connectivity index (χ0n) is 23.5. The van der Waals surface area contributed by atoms with E-state index in [9.17, 15) is 4.79 Å². The van der Waals surface area contributed by atoms with Crippen LogP contribution in [0.1, 0.15) is 66.7 Å². The first-order valence-electron chi connectivity index (χ1n) is 13.1. The molecule has 0 aromatic rings. The molecule has 0 aliphatic carbocycles. The van der Waals surface area contributed by atoms with Crippen molar-refractivity contribution >= 4 is 39.7 Å². The normalized spacial score (nSPS) is 13.3. The van der Waals surface area contributed by atoms with Gasteiger partial charge in [0.25, 0.3) is 0 Å². The number of rotatable bonds is 19. The average molecular weight is 535 g/mol. The van der Waals surface area contributed by atoms with Gasteiger partial charge in [-0.2, -0.15) is 0 Å². The standard InChI is InChI=1S/C24H54O5Si4/c1-12-18-31(10,19-13-2)28-33(27-30(7,8)9,22-16-17-26-24(25)23(5)6)29-32(11,20-14-3)21-15-4/h5,12-22H2,1-4,6-11H3.